The Labute approximate surface area is 220 Å². The van der Waals surface area contributed by atoms with Crippen LogP contribution in [0.25, 0.3) is 22.6 Å². The average Bonchev–Trinajstić information content (AvgIpc) is 3.42. The van der Waals surface area contributed by atoms with E-state index in [2.05, 4.69) is 20.1 Å². The fourth-order valence-electron chi connectivity index (χ4n) is 3.85. The molecule has 1 atom stereocenters. The van der Waals surface area contributed by atoms with Crippen molar-refractivity contribution in [1.82, 2.24) is 29.3 Å². The number of halogens is 4. The number of carbonyl (C=O) groups is 1. The van der Waals surface area contributed by atoms with Crippen molar-refractivity contribution >= 4 is 28.7 Å². The van der Waals surface area contributed by atoms with Gasteiger partial charge >= 0.3 is 12.1 Å². The molecular weight excluding hydrogens is 525 g/mol. The zero-order valence-electron chi connectivity index (χ0n) is 21.1. The Morgan fingerprint density at radius 3 is 2.61 bits per heavy atom. The number of aromatic nitrogens is 6. The van der Waals surface area contributed by atoms with Crippen LogP contribution in [0.15, 0.2) is 41.5 Å². The van der Waals surface area contributed by atoms with E-state index in [1.807, 2.05) is 6.92 Å². The SMILES string of the molecule is CCCC(OC(=O)C(C)(C)C)n1c(-c2cnn(Cc3cccc(C(F)(F)F)c3)c2)nc2nc(Cl)[nH]c(=O)c21. The predicted molar refractivity (Wildman–Crippen MR) is 134 cm³/mol. The molecule has 0 amide bonds. The Bertz CT molecular complexity index is 1530. The zero-order chi connectivity index (χ0) is 27.8. The van der Waals surface area contributed by atoms with Crippen LogP contribution in [0.4, 0.5) is 13.2 Å². The van der Waals surface area contributed by atoms with Crippen LogP contribution in [-0.4, -0.2) is 35.3 Å². The van der Waals surface area contributed by atoms with E-state index in [-0.39, 0.29) is 28.8 Å². The summed E-state index contributed by atoms with van der Waals surface area (Å²) in [7, 11) is 0. The van der Waals surface area contributed by atoms with Crippen molar-refractivity contribution in [2.24, 2.45) is 5.41 Å². The summed E-state index contributed by atoms with van der Waals surface area (Å²) in [6, 6.07) is 4.97. The molecule has 0 bridgehead atoms. The summed E-state index contributed by atoms with van der Waals surface area (Å²) in [6.45, 7) is 7.13. The number of ether oxygens (including phenoxy) is 1. The van der Waals surface area contributed by atoms with Gasteiger partial charge in [0.25, 0.3) is 5.56 Å². The number of hydrogen-bond acceptors (Lipinski definition) is 6. The third-order valence-corrected chi connectivity index (χ3v) is 5.88. The predicted octanol–water partition coefficient (Wildman–Crippen LogP) is 5.59. The van der Waals surface area contributed by atoms with Gasteiger partial charge in [0.2, 0.25) is 5.28 Å². The van der Waals surface area contributed by atoms with Gasteiger partial charge in [0, 0.05) is 12.6 Å². The number of esters is 1. The molecule has 4 rings (SSSR count). The van der Waals surface area contributed by atoms with Crippen LogP contribution >= 0.6 is 11.6 Å². The van der Waals surface area contributed by atoms with Gasteiger partial charge in [-0.05, 0) is 50.1 Å². The van der Waals surface area contributed by atoms with Crippen molar-refractivity contribution in [3.8, 4) is 11.4 Å². The first-order valence-corrected chi connectivity index (χ1v) is 12.2. The molecule has 0 spiro atoms. The van der Waals surface area contributed by atoms with E-state index in [9.17, 15) is 22.8 Å². The molecule has 0 aliphatic carbocycles. The molecule has 1 N–H and O–H groups in total. The maximum Gasteiger partial charge on any atom is 0.416 e. The molecule has 9 nitrogen and oxygen atoms in total. The molecule has 0 aliphatic rings. The van der Waals surface area contributed by atoms with Crippen molar-refractivity contribution in [2.75, 3.05) is 0 Å². The number of fused-ring (bicyclic) bond motifs is 1. The Balaban J connectivity index is 1.79. The lowest BCUT2D eigenvalue weighted by Crippen LogP contribution is -2.28. The fourth-order valence-corrected chi connectivity index (χ4v) is 4.02. The first-order valence-electron chi connectivity index (χ1n) is 11.9. The van der Waals surface area contributed by atoms with Crippen LogP contribution in [0, 0.1) is 5.41 Å². The van der Waals surface area contributed by atoms with Crippen LogP contribution in [0.5, 0.6) is 0 Å². The van der Waals surface area contributed by atoms with E-state index in [1.165, 1.54) is 21.5 Å². The molecule has 38 heavy (non-hydrogen) atoms. The Hall–Kier alpha value is -3.67. The van der Waals surface area contributed by atoms with Crippen molar-refractivity contribution < 1.29 is 22.7 Å². The summed E-state index contributed by atoms with van der Waals surface area (Å²) in [6.07, 6.45) is -1.30. The van der Waals surface area contributed by atoms with Crippen molar-refractivity contribution in [2.45, 2.75) is 59.5 Å². The second-order valence-corrected chi connectivity index (χ2v) is 10.2. The minimum Gasteiger partial charge on any atom is -0.441 e. The molecule has 0 saturated carbocycles. The van der Waals surface area contributed by atoms with Crippen molar-refractivity contribution in [1.29, 1.82) is 0 Å². The Morgan fingerprint density at radius 2 is 1.95 bits per heavy atom. The van der Waals surface area contributed by atoms with Crippen molar-refractivity contribution in [3.05, 3.63) is 63.4 Å². The molecule has 0 aliphatic heterocycles. The van der Waals surface area contributed by atoms with E-state index in [4.69, 9.17) is 16.3 Å². The highest BCUT2D eigenvalue weighted by Gasteiger charge is 2.32. The van der Waals surface area contributed by atoms with Crippen LogP contribution in [0.1, 0.15) is 57.9 Å². The summed E-state index contributed by atoms with van der Waals surface area (Å²) < 4.78 is 48.2. The summed E-state index contributed by atoms with van der Waals surface area (Å²) in [5.74, 6) is -0.224. The van der Waals surface area contributed by atoms with Crippen LogP contribution < -0.4 is 5.56 Å². The largest absolute Gasteiger partial charge is 0.441 e. The van der Waals surface area contributed by atoms with E-state index in [0.717, 1.165) is 12.1 Å². The van der Waals surface area contributed by atoms with Gasteiger partial charge in [-0.2, -0.15) is 23.3 Å². The minimum atomic E-state index is -4.46. The summed E-state index contributed by atoms with van der Waals surface area (Å²) in [5, 5.41) is 4.12. The number of alkyl halides is 3. The maximum atomic E-state index is 13.1. The molecule has 1 aromatic carbocycles. The van der Waals surface area contributed by atoms with E-state index >= 15 is 0 Å². The second-order valence-electron chi connectivity index (χ2n) is 9.86. The fraction of sp³-hybridized carbons (Fsp3) is 0.400. The van der Waals surface area contributed by atoms with Gasteiger partial charge in [-0.1, -0.05) is 25.5 Å². The molecule has 202 valence electrons. The minimum absolute atomic E-state index is 0.0484. The molecule has 0 fully saturated rings. The monoisotopic (exact) mass is 550 g/mol. The lowest BCUT2D eigenvalue weighted by atomic mass is 9.97. The van der Waals surface area contributed by atoms with Crippen LogP contribution in [0.3, 0.4) is 0 Å². The van der Waals surface area contributed by atoms with E-state index in [1.54, 1.807) is 33.0 Å². The topological polar surface area (TPSA) is 108 Å². The molecular formula is C25H26ClF3N6O3. The number of benzene rings is 1. The number of hydrogen-bond donors (Lipinski definition) is 1. The highest BCUT2D eigenvalue weighted by atomic mass is 35.5. The normalized spacial score (nSPS) is 13.2. The lowest BCUT2D eigenvalue weighted by molar-refractivity contribution is -0.163. The van der Waals surface area contributed by atoms with Gasteiger partial charge in [0.15, 0.2) is 17.4 Å². The first kappa shape index (κ1) is 27.4. The standard InChI is InChI=1S/C25H26ClF3N6O3/c1-5-7-17(38-22(37)24(2,3)4)35-18-19(32-23(26)33-21(18)36)31-20(35)15-11-30-34(13-15)12-14-8-6-9-16(10-14)25(27,28)29/h6,8-11,13,17H,5,7,12H2,1-4H3,(H,32,33,36). The number of nitrogens with zero attached hydrogens (tertiary/aromatic N) is 5. The number of imidazole rings is 1. The quantitative estimate of drug-likeness (QED) is 0.237. The first-order chi connectivity index (χ1) is 17.8. The Morgan fingerprint density at radius 1 is 1.21 bits per heavy atom. The van der Waals surface area contributed by atoms with Crippen molar-refractivity contribution in [3.63, 3.8) is 0 Å². The number of aromatic amines is 1. The summed E-state index contributed by atoms with van der Waals surface area (Å²) in [4.78, 5) is 36.8. The number of carbonyl (C=O) groups excluding carboxylic acids is 1. The Kier molecular flexibility index (Phi) is 7.37. The second kappa shape index (κ2) is 10.2. The zero-order valence-corrected chi connectivity index (χ0v) is 21.9. The lowest BCUT2D eigenvalue weighted by Gasteiger charge is -2.25. The number of H-pyrrole nitrogens is 1. The van der Waals surface area contributed by atoms with Gasteiger partial charge in [-0.15, -0.1) is 0 Å². The van der Waals surface area contributed by atoms with E-state index < -0.39 is 34.9 Å². The van der Waals surface area contributed by atoms with Gasteiger partial charge in [0.1, 0.15) is 5.82 Å². The summed E-state index contributed by atoms with van der Waals surface area (Å²) in [5.41, 5.74) is -1.17. The van der Waals surface area contributed by atoms with Gasteiger partial charge in [-0.3, -0.25) is 23.8 Å². The number of rotatable bonds is 7. The van der Waals surface area contributed by atoms with Crippen LogP contribution in [-0.2, 0) is 22.3 Å². The van der Waals surface area contributed by atoms with Crippen LogP contribution in [0.2, 0.25) is 5.28 Å². The van der Waals surface area contributed by atoms with Gasteiger partial charge < -0.3 is 4.74 Å². The molecule has 13 heteroatoms. The molecule has 1 unspecified atom stereocenters. The third kappa shape index (κ3) is 5.74. The average molecular weight is 551 g/mol. The maximum absolute atomic E-state index is 13.1. The highest BCUT2D eigenvalue weighted by molar-refractivity contribution is 6.28. The molecule has 3 aromatic heterocycles. The smallest absolute Gasteiger partial charge is 0.416 e. The molecule has 0 saturated heterocycles. The van der Waals surface area contributed by atoms with Gasteiger partial charge in [-0.25, -0.2) is 4.98 Å². The number of nitrogens with one attached hydrogen (secondary N) is 1. The summed E-state index contributed by atoms with van der Waals surface area (Å²) >= 11 is 5.96. The highest BCUT2D eigenvalue weighted by Crippen LogP contribution is 2.32. The molecule has 4 aromatic rings. The van der Waals surface area contributed by atoms with E-state index in [0.29, 0.717) is 24.0 Å². The molecule has 0 radical (unpaired) electrons. The molecule has 3 heterocycles. The third-order valence-electron chi connectivity index (χ3n) is 5.70. The van der Waals surface area contributed by atoms with Gasteiger partial charge in [0.05, 0.1) is 29.3 Å².